The number of rotatable bonds is 7. The molecule has 1 amide bonds. The SMILES string of the molecule is O=C(CN1NC(c2ccccc2)=N[C@@H](Cc2ccccc2)C1=O)OCc1ccccc1. The topological polar surface area (TPSA) is 71.0 Å². The Balaban J connectivity index is 1.49. The molecule has 6 nitrogen and oxygen atoms in total. The number of carbonyl (C=O) groups excluding carboxylic acids is 2. The summed E-state index contributed by atoms with van der Waals surface area (Å²) in [4.78, 5) is 30.1. The Labute approximate surface area is 181 Å². The molecule has 0 saturated carbocycles. The predicted octanol–water partition coefficient (Wildman–Crippen LogP) is 3.13. The van der Waals surface area contributed by atoms with E-state index in [1.165, 1.54) is 5.01 Å². The van der Waals surface area contributed by atoms with Crippen LogP contribution in [0.5, 0.6) is 0 Å². The average Bonchev–Trinajstić information content (AvgIpc) is 2.82. The van der Waals surface area contributed by atoms with E-state index in [9.17, 15) is 9.59 Å². The van der Waals surface area contributed by atoms with E-state index in [0.717, 1.165) is 16.7 Å². The van der Waals surface area contributed by atoms with Crippen LogP contribution in [-0.4, -0.2) is 35.3 Å². The van der Waals surface area contributed by atoms with Gasteiger partial charge in [-0.3, -0.25) is 20.0 Å². The molecule has 4 rings (SSSR count). The maximum absolute atomic E-state index is 13.1. The zero-order valence-corrected chi connectivity index (χ0v) is 17.0. The number of nitrogens with zero attached hydrogens (tertiary/aromatic N) is 2. The number of carbonyl (C=O) groups is 2. The number of amidine groups is 1. The fraction of sp³-hybridized carbons (Fsp3) is 0.160. The average molecular weight is 413 g/mol. The summed E-state index contributed by atoms with van der Waals surface area (Å²) in [6.07, 6.45) is 0.452. The van der Waals surface area contributed by atoms with Gasteiger partial charge in [0, 0.05) is 12.0 Å². The largest absolute Gasteiger partial charge is 0.459 e. The second kappa shape index (κ2) is 9.71. The van der Waals surface area contributed by atoms with Gasteiger partial charge in [0.15, 0.2) is 0 Å². The molecule has 0 aromatic heterocycles. The molecule has 1 N–H and O–H groups in total. The lowest BCUT2D eigenvalue weighted by Crippen LogP contribution is -2.56. The van der Waals surface area contributed by atoms with Crippen LogP contribution in [0.1, 0.15) is 16.7 Å². The lowest BCUT2D eigenvalue weighted by Gasteiger charge is -2.32. The van der Waals surface area contributed by atoms with Crippen LogP contribution in [0.2, 0.25) is 0 Å². The summed E-state index contributed by atoms with van der Waals surface area (Å²) >= 11 is 0. The molecular formula is C25H23N3O3. The van der Waals surface area contributed by atoms with Gasteiger partial charge in [0.05, 0.1) is 0 Å². The first-order valence-corrected chi connectivity index (χ1v) is 10.1. The van der Waals surface area contributed by atoms with Gasteiger partial charge in [0.2, 0.25) is 0 Å². The van der Waals surface area contributed by atoms with Crippen molar-refractivity contribution in [3.63, 3.8) is 0 Å². The molecule has 0 fully saturated rings. The number of esters is 1. The molecule has 156 valence electrons. The molecule has 31 heavy (non-hydrogen) atoms. The monoisotopic (exact) mass is 413 g/mol. The van der Waals surface area contributed by atoms with Crippen LogP contribution in [0.4, 0.5) is 0 Å². The Bertz CT molecular complexity index is 1050. The zero-order valence-electron chi connectivity index (χ0n) is 17.0. The molecule has 1 aliphatic heterocycles. The van der Waals surface area contributed by atoms with Crippen molar-refractivity contribution in [3.05, 3.63) is 108 Å². The number of amides is 1. The van der Waals surface area contributed by atoms with E-state index in [0.29, 0.717) is 12.3 Å². The maximum Gasteiger partial charge on any atom is 0.328 e. The van der Waals surface area contributed by atoms with Gasteiger partial charge in [-0.25, -0.2) is 5.01 Å². The van der Waals surface area contributed by atoms with Gasteiger partial charge in [0.1, 0.15) is 25.0 Å². The second-order valence-electron chi connectivity index (χ2n) is 7.23. The van der Waals surface area contributed by atoms with Crippen molar-refractivity contribution >= 4 is 17.7 Å². The highest BCUT2D eigenvalue weighted by Gasteiger charge is 2.32. The van der Waals surface area contributed by atoms with E-state index < -0.39 is 12.0 Å². The minimum atomic E-state index is -0.624. The summed E-state index contributed by atoms with van der Waals surface area (Å²) in [5.74, 6) is -0.199. The third kappa shape index (κ3) is 5.36. The van der Waals surface area contributed by atoms with Gasteiger partial charge in [-0.2, -0.15) is 0 Å². The molecule has 6 heteroatoms. The lowest BCUT2D eigenvalue weighted by atomic mass is 10.0. The standard InChI is InChI=1S/C25H23N3O3/c29-23(31-18-20-12-6-2-7-13-20)17-28-25(30)22(16-19-10-4-1-5-11-19)26-24(27-28)21-14-8-3-9-15-21/h1-15,22H,16-18H2,(H,26,27)/t22-/m0/s1. The van der Waals surface area contributed by atoms with Crippen molar-refractivity contribution < 1.29 is 14.3 Å². The van der Waals surface area contributed by atoms with E-state index in [1.54, 1.807) is 0 Å². The van der Waals surface area contributed by atoms with E-state index in [2.05, 4.69) is 10.4 Å². The first-order chi connectivity index (χ1) is 15.2. The summed E-state index contributed by atoms with van der Waals surface area (Å²) in [6, 6.07) is 28.1. The van der Waals surface area contributed by atoms with E-state index in [1.807, 2.05) is 91.0 Å². The molecule has 0 radical (unpaired) electrons. The number of hydrazine groups is 1. The number of hydrogen-bond acceptors (Lipinski definition) is 5. The van der Waals surface area contributed by atoms with Gasteiger partial charge in [-0.15, -0.1) is 0 Å². The van der Waals surface area contributed by atoms with Crippen LogP contribution in [-0.2, 0) is 27.4 Å². The first kappa shape index (κ1) is 20.3. The van der Waals surface area contributed by atoms with Crippen molar-refractivity contribution in [1.29, 1.82) is 0 Å². The first-order valence-electron chi connectivity index (χ1n) is 10.1. The number of nitrogens with one attached hydrogen (secondary N) is 1. The maximum atomic E-state index is 13.1. The van der Waals surface area contributed by atoms with Crippen molar-refractivity contribution in [2.45, 2.75) is 19.1 Å². The van der Waals surface area contributed by atoms with Crippen molar-refractivity contribution in [1.82, 2.24) is 10.4 Å². The normalized spacial score (nSPS) is 15.7. The minimum absolute atomic E-state index is 0.161. The minimum Gasteiger partial charge on any atom is -0.459 e. The molecule has 1 atom stereocenters. The fourth-order valence-corrected chi connectivity index (χ4v) is 3.34. The predicted molar refractivity (Wildman–Crippen MR) is 118 cm³/mol. The highest BCUT2D eigenvalue weighted by Crippen LogP contribution is 2.15. The van der Waals surface area contributed by atoms with Crippen LogP contribution in [0, 0.1) is 0 Å². The Morgan fingerprint density at radius 3 is 2.10 bits per heavy atom. The number of aliphatic imine (C=N–C) groups is 1. The number of ether oxygens (including phenoxy) is 1. The lowest BCUT2D eigenvalue weighted by molar-refractivity contribution is -0.152. The van der Waals surface area contributed by atoms with Gasteiger partial charge in [0.25, 0.3) is 5.91 Å². The van der Waals surface area contributed by atoms with Crippen LogP contribution in [0.3, 0.4) is 0 Å². The fourth-order valence-electron chi connectivity index (χ4n) is 3.34. The van der Waals surface area contributed by atoms with Gasteiger partial charge in [-0.1, -0.05) is 91.0 Å². The Morgan fingerprint density at radius 2 is 1.45 bits per heavy atom. The Kier molecular flexibility index (Phi) is 6.38. The van der Waals surface area contributed by atoms with Gasteiger partial charge < -0.3 is 4.74 Å². The van der Waals surface area contributed by atoms with E-state index in [-0.39, 0.29) is 19.1 Å². The Morgan fingerprint density at radius 1 is 0.871 bits per heavy atom. The Hall–Kier alpha value is -3.93. The molecule has 0 aliphatic carbocycles. The zero-order chi connectivity index (χ0) is 21.5. The van der Waals surface area contributed by atoms with Crippen molar-refractivity contribution in [2.24, 2.45) is 4.99 Å². The van der Waals surface area contributed by atoms with Crippen LogP contribution < -0.4 is 5.43 Å². The highest BCUT2D eigenvalue weighted by atomic mass is 16.5. The van der Waals surface area contributed by atoms with Crippen LogP contribution in [0.25, 0.3) is 0 Å². The number of hydrogen-bond donors (Lipinski definition) is 1. The third-order valence-corrected chi connectivity index (χ3v) is 4.93. The van der Waals surface area contributed by atoms with Gasteiger partial charge in [-0.05, 0) is 11.1 Å². The second-order valence-corrected chi connectivity index (χ2v) is 7.23. The highest BCUT2D eigenvalue weighted by molar-refractivity contribution is 6.04. The summed E-state index contributed by atoms with van der Waals surface area (Å²) in [5, 5.41) is 1.30. The van der Waals surface area contributed by atoms with Crippen molar-refractivity contribution in [3.8, 4) is 0 Å². The van der Waals surface area contributed by atoms with Crippen LogP contribution in [0.15, 0.2) is 96.0 Å². The molecule has 0 spiro atoms. The molecule has 0 saturated heterocycles. The summed E-state index contributed by atoms with van der Waals surface area (Å²) in [7, 11) is 0. The molecule has 3 aromatic rings. The molecular weight excluding hydrogens is 390 g/mol. The smallest absolute Gasteiger partial charge is 0.328 e. The molecule has 0 bridgehead atoms. The summed E-state index contributed by atoms with van der Waals surface area (Å²) in [6.45, 7) is -0.0441. The molecule has 3 aromatic carbocycles. The van der Waals surface area contributed by atoms with Crippen LogP contribution >= 0.6 is 0 Å². The van der Waals surface area contributed by atoms with Crippen molar-refractivity contribution in [2.75, 3.05) is 6.54 Å². The molecule has 0 unspecified atom stereocenters. The molecule has 1 aliphatic rings. The quantitative estimate of drug-likeness (QED) is 0.604. The molecule has 1 heterocycles. The van der Waals surface area contributed by atoms with E-state index in [4.69, 9.17) is 4.74 Å². The summed E-state index contributed by atoms with van der Waals surface area (Å²) < 4.78 is 5.36. The van der Waals surface area contributed by atoms with Gasteiger partial charge >= 0.3 is 5.97 Å². The number of benzene rings is 3. The third-order valence-electron chi connectivity index (χ3n) is 4.93. The summed E-state index contributed by atoms with van der Waals surface area (Å²) in [5.41, 5.74) is 5.74. The van der Waals surface area contributed by atoms with E-state index >= 15 is 0 Å².